The third kappa shape index (κ3) is 2.23. The van der Waals surface area contributed by atoms with Crippen LogP contribution in [0.1, 0.15) is 19.3 Å². The molecule has 2 aliphatic carbocycles. The number of hydrogen-bond acceptors (Lipinski definition) is 4. The van der Waals surface area contributed by atoms with Gasteiger partial charge in [0.05, 0.1) is 10.8 Å². The van der Waals surface area contributed by atoms with Gasteiger partial charge in [0.25, 0.3) is 10.0 Å². The molecule has 0 aliphatic heterocycles. The fraction of sp³-hybridized carbons (Fsp3) is 0.500. The van der Waals surface area contributed by atoms with Gasteiger partial charge in [0.15, 0.2) is 0 Å². The van der Waals surface area contributed by atoms with Crippen molar-refractivity contribution in [3.05, 3.63) is 30.3 Å². The molecule has 1 amide bonds. The average molecular weight is 294 g/mol. The molecular weight excluding hydrogens is 276 g/mol. The minimum atomic E-state index is -3.79. The number of rotatable bonds is 3. The summed E-state index contributed by atoms with van der Waals surface area (Å²) in [5.74, 6) is -0.211. The molecule has 2 fully saturated rings. The second kappa shape index (κ2) is 4.86. The Hall–Kier alpha value is -1.40. The summed E-state index contributed by atoms with van der Waals surface area (Å²) in [6.07, 6.45) is 2.98. The zero-order valence-electron chi connectivity index (χ0n) is 11.0. The molecule has 0 heterocycles. The van der Waals surface area contributed by atoms with Gasteiger partial charge in [0.2, 0.25) is 5.91 Å². The molecule has 0 saturated heterocycles. The molecule has 6 heteroatoms. The lowest BCUT2D eigenvalue weighted by Crippen LogP contribution is -2.46. The van der Waals surface area contributed by atoms with Crippen LogP contribution in [-0.2, 0) is 14.8 Å². The first-order chi connectivity index (χ1) is 9.49. The summed E-state index contributed by atoms with van der Waals surface area (Å²) in [6.45, 7) is 0. The van der Waals surface area contributed by atoms with Crippen LogP contribution in [0.25, 0.3) is 0 Å². The van der Waals surface area contributed by atoms with Crippen molar-refractivity contribution in [2.75, 3.05) is 0 Å². The van der Waals surface area contributed by atoms with Crippen LogP contribution in [0.4, 0.5) is 0 Å². The molecule has 1 aromatic rings. The first kappa shape index (κ1) is 13.6. The van der Waals surface area contributed by atoms with Gasteiger partial charge in [-0.05, 0) is 43.2 Å². The van der Waals surface area contributed by atoms with Gasteiger partial charge in [0, 0.05) is 6.04 Å². The van der Waals surface area contributed by atoms with Gasteiger partial charge in [-0.2, -0.15) is 0 Å². The molecular formula is C14H18N2O3S. The number of carbonyl (C=O) groups is 1. The first-order valence-electron chi connectivity index (χ1n) is 6.86. The highest BCUT2D eigenvalue weighted by atomic mass is 32.2. The summed E-state index contributed by atoms with van der Waals surface area (Å²) >= 11 is 0. The zero-order valence-corrected chi connectivity index (χ0v) is 11.8. The van der Waals surface area contributed by atoms with E-state index in [0.29, 0.717) is 5.92 Å². The highest BCUT2D eigenvalue weighted by Crippen LogP contribution is 2.47. The molecule has 3 rings (SSSR count). The summed E-state index contributed by atoms with van der Waals surface area (Å²) in [6, 6.07) is 7.71. The van der Waals surface area contributed by atoms with Gasteiger partial charge in [0.1, 0.15) is 0 Å². The van der Waals surface area contributed by atoms with Crippen molar-refractivity contribution in [1.29, 1.82) is 0 Å². The Morgan fingerprint density at radius 2 is 1.80 bits per heavy atom. The predicted molar refractivity (Wildman–Crippen MR) is 74.1 cm³/mol. The van der Waals surface area contributed by atoms with E-state index in [1.54, 1.807) is 18.2 Å². The molecule has 0 spiro atoms. The van der Waals surface area contributed by atoms with Gasteiger partial charge in [-0.3, -0.25) is 4.79 Å². The van der Waals surface area contributed by atoms with E-state index >= 15 is 0 Å². The Morgan fingerprint density at radius 3 is 2.40 bits per heavy atom. The molecule has 5 nitrogen and oxygen atoms in total. The third-order valence-corrected chi connectivity index (χ3v) is 5.93. The van der Waals surface area contributed by atoms with E-state index in [-0.39, 0.29) is 22.8 Å². The molecule has 3 N–H and O–H groups in total. The molecule has 2 bridgehead atoms. The first-order valence-corrected chi connectivity index (χ1v) is 8.34. The van der Waals surface area contributed by atoms with Crippen molar-refractivity contribution in [3.8, 4) is 0 Å². The van der Waals surface area contributed by atoms with Crippen molar-refractivity contribution < 1.29 is 13.2 Å². The Labute approximate surface area is 118 Å². The lowest BCUT2D eigenvalue weighted by atomic mass is 9.84. The minimum absolute atomic E-state index is 0.102. The van der Waals surface area contributed by atoms with E-state index < -0.39 is 15.9 Å². The van der Waals surface area contributed by atoms with Crippen molar-refractivity contribution in [1.82, 2.24) is 4.72 Å². The molecule has 0 aromatic heterocycles. The van der Waals surface area contributed by atoms with Crippen LogP contribution in [0.15, 0.2) is 35.2 Å². The second-order valence-corrected chi connectivity index (χ2v) is 7.40. The SMILES string of the molecule is NC1C2CCC(C2)C1C(=O)NS(=O)(=O)c1ccccc1. The summed E-state index contributed by atoms with van der Waals surface area (Å²) < 4.78 is 26.5. The lowest BCUT2D eigenvalue weighted by molar-refractivity contribution is -0.125. The highest BCUT2D eigenvalue weighted by Gasteiger charge is 2.49. The Bertz CT molecular complexity index is 613. The van der Waals surface area contributed by atoms with Gasteiger partial charge in [-0.25, -0.2) is 13.1 Å². The quantitative estimate of drug-likeness (QED) is 0.865. The topological polar surface area (TPSA) is 89.3 Å². The van der Waals surface area contributed by atoms with Crippen LogP contribution in [-0.4, -0.2) is 20.4 Å². The zero-order chi connectivity index (χ0) is 14.3. The maximum atomic E-state index is 12.3. The van der Waals surface area contributed by atoms with Crippen LogP contribution in [0.3, 0.4) is 0 Å². The fourth-order valence-electron chi connectivity index (χ4n) is 3.58. The number of benzene rings is 1. The van der Waals surface area contributed by atoms with Gasteiger partial charge in [-0.1, -0.05) is 18.2 Å². The number of hydrogen-bond donors (Lipinski definition) is 2. The van der Waals surface area contributed by atoms with E-state index in [2.05, 4.69) is 4.72 Å². The van der Waals surface area contributed by atoms with E-state index in [1.807, 2.05) is 0 Å². The molecule has 4 atom stereocenters. The Morgan fingerprint density at radius 1 is 1.15 bits per heavy atom. The van der Waals surface area contributed by atoms with Gasteiger partial charge in [-0.15, -0.1) is 0 Å². The van der Waals surface area contributed by atoms with E-state index in [9.17, 15) is 13.2 Å². The predicted octanol–water partition coefficient (Wildman–Crippen LogP) is 0.865. The molecule has 108 valence electrons. The molecule has 2 aliphatic rings. The molecule has 1 aromatic carbocycles. The number of sulfonamides is 1. The highest BCUT2D eigenvalue weighted by molar-refractivity contribution is 7.90. The summed E-state index contributed by atoms with van der Waals surface area (Å²) in [5.41, 5.74) is 6.07. The molecule has 4 unspecified atom stereocenters. The molecule has 20 heavy (non-hydrogen) atoms. The second-order valence-electron chi connectivity index (χ2n) is 5.72. The largest absolute Gasteiger partial charge is 0.327 e. The average Bonchev–Trinajstić information content (AvgIpc) is 2.99. The van der Waals surface area contributed by atoms with E-state index in [4.69, 9.17) is 5.73 Å². The van der Waals surface area contributed by atoms with Gasteiger partial charge < -0.3 is 5.73 Å². The van der Waals surface area contributed by atoms with Gasteiger partial charge >= 0.3 is 0 Å². The summed E-state index contributed by atoms with van der Waals surface area (Å²) in [5, 5.41) is 0. The molecule has 2 saturated carbocycles. The third-order valence-electron chi connectivity index (χ3n) is 4.57. The van der Waals surface area contributed by atoms with Crippen molar-refractivity contribution >= 4 is 15.9 Å². The number of amides is 1. The molecule has 0 radical (unpaired) electrons. The summed E-state index contributed by atoms with van der Waals surface area (Å²) in [7, 11) is -3.79. The number of nitrogens with two attached hydrogens (primary N) is 1. The summed E-state index contributed by atoms with van der Waals surface area (Å²) in [4.78, 5) is 12.4. The maximum Gasteiger partial charge on any atom is 0.264 e. The number of carbonyl (C=O) groups excluding carboxylic acids is 1. The fourth-order valence-corrected chi connectivity index (χ4v) is 4.62. The minimum Gasteiger partial charge on any atom is -0.327 e. The Kier molecular flexibility index (Phi) is 3.30. The van der Waals surface area contributed by atoms with E-state index in [1.165, 1.54) is 12.1 Å². The lowest BCUT2D eigenvalue weighted by Gasteiger charge is -2.26. The van der Waals surface area contributed by atoms with Crippen molar-refractivity contribution in [2.45, 2.75) is 30.2 Å². The van der Waals surface area contributed by atoms with Crippen LogP contribution in [0.2, 0.25) is 0 Å². The monoisotopic (exact) mass is 294 g/mol. The number of nitrogens with one attached hydrogen (secondary N) is 1. The van der Waals surface area contributed by atoms with Crippen molar-refractivity contribution in [2.24, 2.45) is 23.5 Å². The van der Waals surface area contributed by atoms with Crippen molar-refractivity contribution in [3.63, 3.8) is 0 Å². The number of fused-ring (bicyclic) bond motifs is 2. The Balaban J connectivity index is 1.77. The van der Waals surface area contributed by atoms with Crippen LogP contribution < -0.4 is 10.5 Å². The van der Waals surface area contributed by atoms with E-state index in [0.717, 1.165) is 19.3 Å². The normalized spacial score (nSPS) is 32.2. The van der Waals surface area contributed by atoms with Crippen LogP contribution >= 0.6 is 0 Å². The smallest absolute Gasteiger partial charge is 0.264 e. The maximum absolute atomic E-state index is 12.3. The standard InChI is InChI=1S/C14H18N2O3S/c15-13-10-7-6-9(8-10)12(13)14(17)16-20(18,19)11-4-2-1-3-5-11/h1-5,9-10,12-13H,6-8,15H2,(H,16,17). The van der Waals surface area contributed by atoms with Crippen LogP contribution in [0, 0.1) is 17.8 Å². The van der Waals surface area contributed by atoms with Crippen LogP contribution in [0.5, 0.6) is 0 Å².